The highest BCUT2D eigenvalue weighted by molar-refractivity contribution is 5.73. The minimum Gasteiger partial charge on any atom is -0.480 e. The zero-order valence-electron chi connectivity index (χ0n) is 19.7. The number of ether oxygens (including phenoxy) is 1. The van der Waals surface area contributed by atoms with Crippen LogP contribution in [0.4, 0.5) is 23.5 Å². The number of hydrogen-bond acceptors (Lipinski definition) is 6. The highest BCUT2D eigenvalue weighted by atomic mass is 19.4. The zero-order chi connectivity index (χ0) is 27.4. The second kappa shape index (κ2) is 10.9. The Morgan fingerprint density at radius 3 is 2.18 bits per heavy atom. The molecule has 0 bridgehead atoms. The average Bonchev–Trinajstić information content (AvgIpc) is 2.87. The van der Waals surface area contributed by atoms with Crippen molar-refractivity contribution in [1.82, 2.24) is 9.97 Å². The molecule has 0 aliphatic heterocycles. The minimum atomic E-state index is -4.97. The van der Waals surface area contributed by atoms with Crippen LogP contribution >= 0.6 is 0 Å². The molecule has 0 aliphatic carbocycles. The van der Waals surface area contributed by atoms with E-state index in [1.54, 1.807) is 54.6 Å². The summed E-state index contributed by atoms with van der Waals surface area (Å²) in [7, 11) is 0. The van der Waals surface area contributed by atoms with Gasteiger partial charge in [-0.3, -0.25) is 4.79 Å². The Kier molecular flexibility index (Phi) is 7.58. The number of benzene rings is 3. The molecule has 4 aromatic rings. The van der Waals surface area contributed by atoms with E-state index in [1.165, 1.54) is 6.07 Å². The number of aromatic nitrogens is 2. The molecular weight excluding hydrogens is 504 g/mol. The lowest BCUT2D eigenvalue weighted by Gasteiger charge is -2.22. The lowest BCUT2D eigenvalue weighted by atomic mass is 10.0. The van der Waals surface area contributed by atoms with E-state index >= 15 is 0 Å². The highest BCUT2D eigenvalue weighted by Gasteiger charge is 2.45. The van der Waals surface area contributed by atoms with Crippen LogP contribution in [-0.2, 0) is 11.2 Å². The number of nitrogens with two attached hydrogens (primary N) is 2. The molecule has 0 aliphatic rings. The summed E-state index contributed by atoms with van der Waals surface area (Å²) >= 11 is 0. The summed E-state index contributed by atoms with van der Waals surface area (Å²) in [5, 5.41) is 8.96. The number of anilines is 1. The number of carbonyl (C=O) groups is 1. The first kappa shape index (κ1) is 26.6. The molecule has 0 amide bonds. The van der Waals surface area contributed by atoms with E-state index in [9.17, 15) is 22.4 Å². The smallest absolute Gasteiger partial charge is 0.429 e. The van der Waals surface area contributed by atoms with Gasteiger partial charge in [-0.25, -0.2) is 9.37 Å². The number of hydrogen-bond donors (Lipinski definition) is 3. The van der Waals surface area contributed by atoms with Crippen LogP contribution in [0.5, 0.6) is 5.88 Å². The van der Waals surface area contributed by atoms with Crippen LogP contribution in [0.3, 0.4) is 0 Å². The number of carboxylic acid groups (broad SMARTS) is 1. The van der Waals surface area contributed by atoms with Gasteiger partial charge in [0.05, 0.1) is 5.69 Å². The van der Waals surface area contributed by atoms with Crippen molar-refractivity contribution in [3.05, 3.63) is 95.8 Å². The molecule has 1 unspecified atom stereocenters. The summed E-state index contributed by atoms with van der Waals surface area (Å²) in [4.78, 5) is 18.7. The maximum absolute atomic E-state index is 14.9. The maximum Gasteiger partial charge on any atom is 0.429 e. The summed E-state index contributed by atoms with van der Waals surface area (Å²) in [5.74, 6) is -3.09. The Balaban J connectivity index is 1.62. The number of nitrogens with zero attached hydrogens (tertiary/aromatic N) is 2. The van der Waals surface area contributed by atoms with Gasteiger partial charge >= 0.3 is 12.1 Å². The second-order valence-electron chi connectivity index (χ2n) is 8.44. The van der Waals surface area contributed by atoms with Crippen molar-refractivity contribution in [3.8, 4) is 28.3 Å². The third kappa shape index (κ3) is 6.24. The van der Waals surface area contributed by atoms with Gasteiger partial charge in [0.2, 0.25) is 17.9 Å². The fourth-order valence-electron chi connectivity index (χ4n) is 3.78. The van der Waals surface area contributed by atoms with Crippen LogP contribution in [-0.4, -0.2) is 33.3 Å². The van der Waals surface area contributed by atoms with Crippen LogP contribution in [0, 0.1) is 5.82 Å². The Morgan fingerprint density at radius 1 is 0.921 bits per heavy atom. The maximum atomic E-state index is 14.9. The third-order valence-corrected chi connectivity index (χ3v) is 5.67. The van der Waals surface area contributed by atoms with Crippen molar-refractivity contribution in [2.75, 3.05) is 5.73 Å². The number of alkyl halides is 3. The van der Waals surface area contributed by atoms with Crippen molar-refractivity contribution in [1.29, 1.82) is 0 Å². The van der Waals surface area contributed by atoms with Crippen LogP contribution in [0.15, 0.2) is 78.9 Å². The number of halogens is 4. The van der Waals surface area contributed by atoms with Crippen LogP contribution in [0.25, 0.3) is 22.4 Å². The summed E-state index contributed by atoms with van der Waals surface area (Å²) < 4.78 is 62.1. The standard InChI is InChI=1S/C27H22F4N4O3/c28-20-13-18(16-4-2-1-3-5-16)10-11-19(20)24(27(29,30)31)38-23-14-22(34-26(33)35-23)17-8-6-15(7-9-17)12-21(32)25(36)37/h1-11,13-14,21,24H,12,32H2,(H,36,37)(H2,33,34,35)/t21-,24?/m0/s1. The molecule has 38 heavy (non-hydrogen) atoms. The van der Waals surface area contributed by atoms with E-state index in [-0.39, 0.29) is 18.1 Å². The molecule has 11 heteroatoms. The van der Waals surface area contributed by atoms with E-state index in [4.69, 9.17) is 21.3 Å². The van der Waals surface area contributed by atoms with Crippen molar-refractivity contribution in [2.45, 2.75) is 24.7 Å². The largest absolute Gasteiger partial charge is 0.480 e. The van der Waals surface area contributed by atoms with E-state index in [0.29, 0.717) is 22.3 Å². The number of aliphatic carboxylic acids is 1. The molecule has 7 nitrogen and oxygen atoms in total. The number of rotatable bonds is 8. The molecule has 3 aromatic carbocycles. The second-order valence-corrected chi connectivity index (χ2v) is 8.44. The van der Waals surface area contributed by atoms with Crippen molar-refractivity contribution in [2.24, 2.45) is 5.73 Å². The fourth-order valence-corrected chi connectivity index (χ4v) is 3.78. The van der Waals surface area contributed by atoms with E-state index < -0.39 is 41.6 Å². The van der Waals surface area contributed by atoms with Gasteiger partial charge in [-0.05, 0) is 29.2 Å². The topological polar surface area (TPSA) is 124 Å². The fraction of sp³-hybridized carbons (Fsp3) is 0.148. The molecular formula is C27H22F4N4O3. The van der Waals surface area contributed by atoms with Crippen LogP contribution in [0.1, 0.15) is 17.2 Å². The van der Waals surface area contributed by atoms with Gasteiger partial charge in [-0.1, -0.05) is 66.7 Å². The molecule has 1 heterocycles. The van der Waals surface area contributed by atoms with Crippen molar-refractivity contribution in [3.63, 3.8) is 0 Å². The molecule has 0 spiro atoms. The van der Waals surface area contributed by atoms with Gasteiger partial charge in [-0.2, -0.15) is 18.2 Å². The predicted octanol–water partition coefficient (Wildman–Crippen LogP) is 5.17. The molecule has 5 N–H and O–H groups in total. The summed E-state index contributed by atoms with van der Waals surface area (Å²) in [6, 6.07) is 18.5. The molecule has 0 saturated carbocycles. The minimum absolute atomic E-state index is 0.0811. The first-order chi connectivity index (χ1) is 18.0. The Bertz CT molecular complexity index is 1430. The van der Waals surface area contributed by atoms with Gasteiger partial charge < -0.3 is 21.3 Å². The van der Waals surface area contributed by atoms with Gasteiger partial charge in [0.1, 0.15) is 11.9 Å². The van der Waals surface area contributed by atoms with Crippen molar-refractivity contribution < 1.29 is 32.2 Å². The SMILES string of the molecule is Nc1nc(OC(c2ccc(-c3ccccc3)cc2F)C(F)(F)F)cc(-c2ccc(C[C@H](N)C(=O)O)cc2)n1. The zero-order valence-corrected chi connectivity index (χ0v) is 19.7. The van der Waals surface area contributed by atoms with Crippen molar-refractivity contribution >= 4 is 11.9 Å². The van der Waals surface area contributed by atoms with Crippen LogP contribution < -0.4 is 16.2 Å². The normalized spacial score (nSPS) is 13.1. The summed E-state index contributed by atoms with van der Waals surface area (Å²) in [6.45, 7) is 0. The molecule has 1 aromatic heterocycles. The quantitative estimate of drug-likeness (QED) is 0.271. The first-order valence-electron chi connectivity index (χ1n) is 11.3. The Hall–Kier alpha value is -4.51. The highest BCUT2D eigenvalue weighted by Crippen LogP contribution is 2.39. The molecule has 196 valence electrons. The van der Waals surface area contributed by atoms with Gasteiger partial charge in [0, 0.05) is 17.2 Å². The molecule has 0 radical (unpaired) electrons. The molecule has 2 atom stereocenters. The monoisotopic (exact) mass is 526 g/mol. The van der Waals surface area contributed by atoms with Crippen LogP contribution in [0.2, 0.25) is 0 Å². The number of carboxylic acids is 1. The first-order valence-corrected chi connectivity index (χ1v) is 11.3. The molecule has 0 fully saturated rings. The molecule has 0 saturated heterocycles. The lowest BCUT2D eigenvalue weighted by Crippen LogP contribution is -2.32. The predicted molar refractivity (Wildman–Crippen MR) is 132 cm³/mol. The average molecular weight is 526 g/mol. The van der Waals surface area contributed by atoms with Gasteiger partial charge in [0.25, 0.3) is 0 Å². The summed E-state index contributed by atoms with van der Waals surface area (Å²) in [5.41, 5.74) is 12.9. The summed E-state index contributed by atoms with van der Waals surface area (Å²) in [6.07, 6.45) is -7.55. The van der Waals surface area contributed by atoms with Gasteiger partial charge in [0.15, 0.2) is 0 Å². The van der Waals surface area contributed by atoms with E-state index in [0.717, 1.165) is 18.2 Å². The van der Waals surface area contributed by atoms with E-state index in [1.807, 2.05) is 0 Å². The molecule has 4 rings (SSSR count). The van der Waals surface area contributed by atoms with E-state index in [2.05, 4.69) is 9.97 Å². The Labute approximate surface area is 214 Å². The van der Waals surface area contributed by atoms with Gasteiger partial charge in [-0.15, -0.1) is 0 Å². The lowest BCUT2D eigenvalue weighted by molar-refractivity contribution is -0.199. The Morgan fingerprint density at radius 2 is 1.58 bits per heavy atom. The number of nitrogen functional groups attached to an aromatic ring is 1. The third-order valence-electron chi connectivity index (χ3n) is 5.67.